The van der Waals surface area contributed by atoms with Crippen LogP contribution in [0.1, 0.15) is 30.4 Å². The van der Waals surface area contributed by atoms with E-state index < -0.39 is 39.7 Å². The molecule has 0 radical (unpaired) electrons. The second-order valence-corrected chi connectivity index (χ2v) is 7.99. The van der Waals surface area contributed by atoms with Crippen molar-refractivity contribution in [3.8, 4) is 0 Å². The summed E-state index contributed by atoms with van der Waals surface area (Å²) >= 11 is 0. The van der Waals surface area contributed by atoms with Crippen LogP contribution in [0.3, 0.4) is 0 Å². The lowest BCUT2D eigenvalue weighted by atomic mass is 10.1. The number of aliphatic hydroxyl groups is 1. The van der Waals surface area contributed by atoms with Crippen molar-refractivity contribution in [3.63, 3.8) is 0 Å². The first-order valence-corrected chi connectivity index (χ1v) is 9.52. The molecule has 164 valence electrons. The summed E-state index contributed by atoms with van der Waals surface area (Å²) in [7, 11) is -6.09. The Morgan fingerprint density at radius 2 is 1.90 bits per heavy atom. The molecule has 4 unspecified atom stereocenters. The average Bonchev–Trinajstić information content (AvgIpc) is 3.06. The molecular weight excluding hydrogens is 425 g/mol. The fourth-order valence-electron chi connectivity index (χ4n) is 2.84. The maximum atomic E-state index is 11.3. The number of carbonyl (C=O) groups is 1. The van der Waals surface area contributed by atoms with Crippen LogP contribution in [0, 0.1) is 0 Å². The zero-order valence-corrected chi connectivity index (χ0v) is 16.0. The third kappa shape index (κ3) is 5.40. The van der Waals surface area contributed by atoms with Gasteiger partial charge in [0.15, 0.2) is 34.4 Å². The number of hydrogen-bond acceptors (Lipinski definition) is 8. The Bertz CT molecular complexity index is 861. The van der Waals surface area contributed by atoms with Crippen molar-refractivity contribution in [2.75, 3.05) is 6.61 Å². The lowest BCUT2D eigenvalue weighted by Crippen LogP contribution is -2.46. The fraction of sp³-hybridized carbons (Fsp3) is 0.600. The van der Waals surface area contributed by atoms with Crippen molar-refractivity contribution in [2.45, 2.75) is 49.7 Å². The lowest BCUT2D eigenvalue weighted by molar-refractivity contribution is -0.766. The second-order valence-electron chi connectivity index (χ2n) is 6.62. The fourth-order valence-corrected chi connectivity index (χ4v) is 2.84. The van der Waals surface area contributed by atoms with Gasteiger partial charge >= 0.3 is 5.51 Å². The maximum Gasteiger partial charge on any atom is 0.485 e. The summed E-state index contributed by atoms with van der Waals surface area (Å²) in [6.07, 6.45) is 1.73. The summed E-state index contributed by atoms with van der Waals surface area (Å²) in [5, 5.41) is 9.45. The molecule has 1 aromatic rings. The summed E-state index contributed by atoms with van der Waals surface area (Å²) in [4.78, 5) is 11.3. The van der Waals surface area contributed by atoms with Crippen LogP contribution in [0.2, 0.25) is 0 Å². The van der Waals surface area contributed by atoms with Crippen molar-refractivity contribution in [1.29, 1.82) is 0 Å². The summed E-state index contributed by atoms with van der Waals surface area (Å²) in [5.41, 5.74) is 0.0278. The molecule has 29 heavy (non-hydrogen) atoms. The highest BCUT2D eigenvalue weighted by Crippen LogP contribution is 2.40. The number of aromatic nitrogens is 1. The molecule has 4 atom stereocenters. The highest BCUT2D eigenvalue weighted by Gasteiger charge is 2.59. The summed E-state index contributed by atoms with van der Waals surface area (Å²) in [5.74, 6) is -1.24. The normalized spacial score (nSPS) is 28.4. The van der Waals surface area contributed by atoms with Gasteiger partial charge in [0, 0.05) is 6.07 Å². The topological polar surface area (TPSA) is 152 Å². The SMILES string of the molecule is CC1(C)OC2C(CO)OC([n+]3cccc(C(N)=O)c3)C2O1.O=S(=O)([O-])C(F)(F)F. The van der Waals surface area contributed by atoms with Crippen LogP contribution in [0.4, 0.5) is 13.2 Å². The summed E-state index contributed by atoms with van der Waals surface area (Å²) in [6, 6.07) is 3.34. The maximum absolute atomic E-state index is 11.3. The molecule has 3 heterocycles. The van der Waals surface area contributed by atoms with Gasteiger partial charge in [-0.25, -0.2) is 8.42 Å². The predicted octanol–water partition coefficient (Wildman–Crippen LogP) is -0.466. The molecule has 1 amide bonds. The molecular formula is C15H19F3N2O8S. The van der Waals surface area contributed by atoms with Crippen LogP contribution < -0.4 is 10.3 Å². The van der Waals surface area contributed by atoms with Gasteiger partial charge in [-0.15, -0.1) is 0 Å². The van der Waals surface area contributed by atoms with E-state index in [0.29, 0.717) is 5.56 Å². The van der Waals surface area contributed by atoms with Crippen molar-refractivity contribution in [2.24, 2.45) is 5.73 Å². The Labute approximate surface area is 163 Å². The van der Waals surface area contributed by atoms with Crippen LogP contribution in [0.25, 0.3) is 0 Å². The number of pyridine rings is 1. The molecule has 3 N–H and O–H groups in total. The van der Waals surface area contributed by atoms with E-state index in [-0.39, 0.29) is 18.8 Å². The van der Waals surface area contributed by atoms with Crippen LogP contribution in [0.15, 0.2) is 24.5 Å². The molecule has 0 aromatic carbocycles. The van der Waals surface area contributed by atoms with E-state index in [4.69, 9.17) is 32.9 Å². The quantitative estimate of drug-likeness (QED) is 0.361. The first-order valence-electron chi connectivity index (χ1n) is 8.11. The number of nitrogens with two attached hydrogens (primary N) is 1. The van der Waals surface area contributed by atoms with E-state index in [2.05, 4.69) is 0 Å². The Balaban J connectivity index is 0.000000321. The number of halogens is 3. The Morgan fingerprint density at radius 1 is 1.34 bits per heavy atom. The Morgan fingerprint density at radius 3 is 2.38 bits per heavy atom. The van der Waals surface area contributed by atoms with Crippen molar-refractivity contribution in [1.82, 2.24) is 0 Å². The smallest absolute Gasteiger partial charge is 0.485 e. The number of nitrogens with zero attached hydrogens (tertiary/aromatic N) is 1. The van der Waals surface area contributed by atoms with Crippen LogP contribution in [-0.4, -0.2) is 60.2 Å². The minimum absolute atomic E-state index is 0.160. The van der Waals surface area contributed by atoms with E-state index in [1.807, 2.05) is 13.8 Å². The molecule has 10 nitrogen and oxygen atoms in total. The Kier molecular flexibility index (Phi) is 6.56. The number of fused-ring (bicyclic) bond motifs is 1. The minimum Gasteiger partial charge on any atom is -0.741 e. The third-order valence-corrected chi connectivity index (χ3v) is 4.56. The minimum atomic E-state index is -6.09. The second kappa shape index (κ2) is 8.12. The van der Waals surface area contributed by atoms with Gasteiger partial charge in [0.25, 0.3) is 12.1 Å². The molecule has 0 aliphatic carbocycles. The van der Waals surface area contributed by atoms with Crippen molar-refractivity contribution < 1.29 is 54.8 Å². The van der Waals surface area contributed by atoms with Gasteiger partial charge in [0.2, 0.25) is 0 Å². The van der Waals surface area contributed by atoms with Gasteiger partial charge in [-0.3, -0.25) is 4.79 Å². The van der Waals surface area contributed by atoms with Gasteiger partial charge in [0.1, 0.15) is 17.8 Å². The largest absolute Gasteiger partial charge is 0.741 e. The molecule has 14 heteroatoms. The molecule has 0 saturated carbocycles. The first-order chi connectivity index (χ1) is 13.2. The number of hydrogen-bond donors (Lipinski definition) is 2. The summed E-state index contributed by atoms with van der Waals surface area (Å²) in [6.45, 7) is 3.48. The van der Waals surface area contributed by atoms with Gasteiger partial charge in [-0.2, -0.15) is 17.7 Å². The lowest BCUT2D eigenvalue weighted by Gasteiger charge is -2.21. The molecule has 0 bridgehead atoms. The number of rotatable bonds is 3. The van der Waals surface area contributed by atoms with Gasteiger partial charge in [-0.05, 0) is 19.9 Å². The highest BCUT2D eigenvalue weighted by atomic mass is 32.2. The van der Waals surface area contributed by atoms with Crippen LogP contribution in [0.5, 0.6) is 0 Å². The standard InChI is InChI=1S/C14H18N2O5.CHF3O3S/c1-14(2)20-10-9(7-17)19-13(11(10)21-14)16-5-3-4-8(6-16)12(15)18;2-1(3,4)8(5,6)7/h3-6,9-11,13,17H,7H2,1-2H3,(H-,15,18);(H,5,6,7). The third-order valence-electron chi connectivity index (χ3n) is 3.99. The molecule has 2 saturated heterocycles. The molecule has 2 aliphatic rings. The van der Waals surface area contributed by atoms with Crippen molar-refractivity contribution >= 4 is 16.0 Å². The first kappa shape index (κ1) is 23.4. The summed E-state index contributed by atoms with van der Waals surface area (Å²) < 4.78 is 78.1. The van der Waals surface area contributed by atoms with E-state index in [0.717, 1.165) is 0 Å². The molecule has 2 aliphatic heterocycles. The number of amides is 1. The predicted molar refractivity (Wildman–Crippen MR) is 85.7 cm³/mol. The molecule has 2 fully saturated rings. The number of ether oxygens (including phenoxy) is 3. The Hall–Kier alpha value is -1.84. The molecule has 0 spiro atoms. The average molecular weight is 444 g/mol. The number of alkyl halides is 3. The van der Waals surface area contributed by atoms with Crippen LogP contribution in [-0.2, 0) is 24.3 Å². The highest BCUT2D eigenvalue weighted by molar-refractivity contribution is 7.86. The number of aliphatic hydroxyl groups excluding tert-OH is 1. The van der Waals surface area contributed by atoms with E-state index in [9.17, 15) is 23.1 Å². The van der Waals surface area contributed by atoms with E-state index in [1.165, 1.54) is 0 Å². The number of primary amides is 1. The zero-order chi connectivity index (χ0) is 22.2. The molecule has 3 rings (SSSR count). The zero-order valence-electron chi connectivity index (χ0n) is 15.2. The van der Waals surface area contributed by atoms with E-state index >= 15 is 0 Å². The van der Waals surface area contributed by atoms with E-state index in [1.54, 1.807) is 29.1 Å². The van der Waals surface area contributed by atoms with Gasteiger partial charge in [-0.1, -0.05) is 0 Å². The van der Waals surface area contributed by atoms with Gasteiger partial charge in [0.05, 0.1) is 6.61 Å². The van der Waals surface area contributed by atoms with Crippen molar-refractivity contribution in [3.05, 3.63) is 30.1 Å². The van der Waals surface area contributed by atoms with Crippen LogP contribution >= 0.6 is 0 Å². The van der Waals surface area contributed by atoms with Gasteiger partial charge < -0.3 is 29.6 Å². The molecule has 1 aromatic heterocycles. The monoisotopic (exact) mass is 444 g/mol. The number of carbonyl (C=O) groups excluding carboxylic acids is 1.